The predicted molar refractivity (Wildman–Crippen MR) is 135 cm³/mol. The van der Waals surface area contributed by atoms with Gasteiger partial charge in [0.2, 0.25) is 15.9 Å². The molecule has 0 aromatic heterocycles. The number of nitrogens with zero attached hydrogens (tertiary/aromatic N) is 1. The molecule has 2 N–H and O–H groups in total. The second-order valence-corrected chi connectivity index (χ2v) is 11.7. The molecule has 1 amide bonds. The molecular weight excluding hydrogens is 493 g/mol. The third kappa shape index (κ3) is 6.37. The molecule has 0 aliphatic rings. The molecule has 3 rings (SSSR count). The lowest BCUT2D eigenvalue weighted by molar-refractivity contribution is -0.116. The Morgan fingerprint density at radius 3 is 2.03 bits per heavy atom. The van der Waals surface area contributed by atoms with Gasteiger partial charge in [-0.05, 0) is 86.5 Å². The van der Waals surface area contributed by atoms with Crippen molar-refractivity contribution >= 4 is 43.0 Å². The Hall–Kier alpha value is -3.44. The maximum atomic E-state index is 13.0. The number of carbonyl (C=O) groups is 1. The molecule has 0 aliphatic carbocycles. The number of aryl methyl sites for hydroxylation is 2. The first-order valence-electron chi connectivity index (χ1n) is 10.5. The summed E-state index contributed by atoms with van der Waals surface area (Å²) in [6.45, 7) is 5.06. The number of hydrogen-bond acceptors (Lipinski definition) is 5. The Labute approximate surface area is 204 Å². The van der Waals surface area contributed by atoms with Crippen molar-refractivity contribution < 1.29 is 26.0 Å². The molecule has 0 spiro atoms. The summed E-state index contributed by atoms with van der Waals surface area (Å²) < 4.78 is 66.8. The second-order valence-electron chi connectivity index (χ2n) is 8.15. The van der Waals surface area contributed by atoms with Crippen molar-refractivity contribution in [2.45, 2.75) is 31.7 Å². The van der Waals surface area contributed by atoms with E-state index in [1.807, 2.05) is 13.0 Å². The first-order valence-corrected chi connectivity index (χ1v) is 13.9. The normalized spacial score (nSPS) is 12.6. The molecule has 0 fully saturated rings. The average molecular weight is 520 g/mol. The minimum atomic E-state index is -3.94. The lowest BCUT2D eigenvalue weighted by Crippen LogP contribution is -2.45. The molecule has 8 nitrogen and oxygen atoms in total. The van der Waals surface area contributed by atoms with E-state index in [1.165, 1.54) is 43.3 Å². The summed E-state index contributed by atoms with van der Waals surface area (Å²) in [6, 6.07) is 14.5. The fourth-order valence-corrected chi connectivity index (χ4v) is 5.72. The van der Waals surface area contributed by atoms with Gasteiger partial charge in [0.25, 0.3) is 10.0 Å². The van der Waals surface area contributed by atoms with E-state index >= 15 is 0 Å². The van der Waals surface area contributed by atoms with Crippen LogP contribution in [0.4, 0.5) is 21.5 Å². The van der Waals surface area contributed by atoms with Gasteiger partial charge < -0.3 is 5.32 Å². The van der Waals surface area contributed by atoms with E-state index in [9.17, 15) is 26.0 Å². The predicted octanol–water partition coefficient (Wildman–Crippen LogP) is 4.04. The zero-order valence-electron chi connectivity index (χ0n) is 19.6. The Morgan fingerprint density at radius 2 is 1.46 bits per heavy atom. The van der Waals surface area contributed by atoms with Crippen molar-refractivity contribution in [3.8, 4) is 0 Å². The summed E-state index contributed by atoms with van der Waals surface area (Å²) in [5.41, 5.74) is 2.44. The molecule has 0 saturated carbocycles. The van der Waals surface area contributed by atoms with Crippen LogP contribution >= 0.6 is 0 Å². The standard InChI is InChI=1S/C24H26FN3O5S2/c1-16-5-6-17(2)23(15-16)28(34(4,30)31)18(3)24(29)26-20-11-13-22(14-12-20)35(32,33)27-21-9-7-19(25)8-10-21/h5-15,18,27H,1-4H3,(H,26,29)/t18-/m1/s1. The highest BCUT2D eigenvalue weighted by Crippen LogP contribution is 2.27. The molecule has 0 unspecified atom stereocenters. The molecule has 186 valence electrons. The van der Waals surface area contributed by atoms with E-state index in [2.05, 4.69) is 10.0 Å². The van der Waals surface area contributed by atoms with E-state index in [0.717, 1.165) is 28.3 Å². The fourth-order valence-electron chi connectivity index (χ4n) is 3.43. The van der Waals surface area contributed by atoms with Gasteiger partial charge in [-0.15, -0.1) is 0 Å². The summed E-state index contributed by atoms with van der Waals surface area (Å²) in [7, 11) is -7.73. The maximum Gasteiger partial charge on any atom is 0.261 e. The number of anilines is 3. The zero-order chi connectivity index (χ0) is 26.0. The molecule has 0 bridgehead atoms. The highest BCUT2D eigenvalue weighted by molar-refractivity contribution is 7.92. The van der Waals surface area contributed by atoms with Crippen molar-refractivity contribution in [3.63, 3.8) is 0 Å². The Bertz CT molecular complexity index is 1440. The molecule has 0 radical (unpaired) electrons. The average Bonchev–Trinajstić information content (AvgIpc) is 2.77. The van der Waals surface area contributed by atoms with Crippen LogP contribution in [0, 0.1) is 19.7 Å². The summed E-state index contributed by atoms with van der Waals surface area (Å²) in [6.07, 6.45) is 1.03. The van der Waals surface area contributed by atoms with E-state index in [0.29, 0.717) is 11.3 Å². The number of amides is 1. The topological polar surface area (TPSA) is 113 Å². The van der Waals surface area contributed by atoms with Gasteiger partial charge in [0.05, 0.1) is 16.8 Å². The number of hydrogen-bond donors (Lipinski definition) is 2. The fraction of sp³-hybridized carbons (Fsp3) is 0.208. The van der Waals surface area contributed by atoms with Crippen LogP contribution in [0.3, 0.4) is 0 Å². The minimum absolute atomic E-state index is 0.0685. The third-order valence-corrected chi connectivity index (χ3v) is 7.84. The van der Waals surface area contributed by atoms with Crippen LogP contribution in [0.2, 0.25) is 0 Å². The Morgan fingerprint density at radius 1 is 0.886 bits per heavy atom. The van der Waals surface area contributed by atoms with Gasteiger partial charge in [-0.2, -0.15) is 0 Å². The first kappa shape index (κ1) is 26.2. The second kappa shape index (κ2) is 10.0. The number of nitrogens with one attached hydrogen (secondary N) is 2. The van der Waals surface area contributed by atoms with Crippen LogP contribution in [-0.4, -0.2) is 35.0 Å². The van der Waals surface area contributed by atoms with Crippen LogP contribution in [0.25, 0.3) is 0 Å². The van der Waals surface area contributed by atoms with E-state index in [1.54, 1.807) is 19.1 Å². The molecule has 11 heteroatoms. The smallest absolute Gasteiger partial charge is 0.261 e. The first-order chi connectivity index (χ1) is 16.3. The maximum absolute atomic E-state index is 13.0. The van der Waals surface area contributed by atoms with Crippen molar-refractivity contribution in [2.24, 2.45) is 0 Å². The molecule has 1 atom stereocenters. The van der Waals surface area contributed by atoms with Crippen LogP contribution in [0.5, 0.6) is 0 Å². The van der Waals surface area contributed by atoms with Crippen LogP contribution < -0.4 is 14.3 Å². The quantitative estimate of drug-likeness (QED) is 0.467. The van der Waals surface area contributed by atoms with Crippen molar-refractivity contribution in [3.05, 3.63) is 83.7 Å². The molecular formula is C24H26FN3O5S2. The molecule has 3 aromatic rings. The van der Waals surface area contributed by atoms with Crippen molar-refractivity contribution in [1.29, 1.82) is 0 Å². The largest absolute Gasteiger partial charge is 0.324 e. The van der Waals surface area contributed by atoms with Gasteiger partial charge in [0.1, 0.15) is 11.9 Å². The molecule has 0 heterocycles. The number of carbonyl (C=O) groups excluding carboxylic acids is 1. The van der Waals surface area contributed by atoms with Gasteiger partial charge in [-0.25, -0.2) is 21.2 Å². The Balaban J connectivity index is 1.79. The zero-order valence-corrected chi connectivity index (χ0v) is 21.2. The SMILES string of the molecule is Cc1ccc(C)c(N([C@H](C)C(=O)Nc2ccc(S(=O)(=O)Nc3ccc(F)cc3)cc2)S(C)(=O)=O)c1. The minimum Gasteiger partial charge on any atom is -0.324 e. The van der Waals surface area contributed by atoms with Gasteiger partial charge >= 0.3 is 0 Å². The summed E-state index contributed by atoms with van der Waals surface area (Å²) in [5, 5.41) is 2.63. The Kier molecular flexibility index (Phi) is 7.51. The monoisotopic (exact) mass is 519 g/mol. The number of benzene rings is 3. The van der Waals surface area contributed by atoms with E-state index < -0.39 is 37.8 Å². The van der Waals surface area contributed by atoms with Gasteiger partial charge in [-0.3, -0.25) is 13.8 Å². The van der Waals surface area contributed by atoms with E-state index in [-0.39, 0.29) is 16.3 Å². The summed E-state index contributed by atoms with van der Waals surface area (Å²) >= 11 is 0. The van der Waals surface area contributed by atoms with Gasteiger partial charge in [0.15, 0.2) is 0 Å². The summed E-state index contributed by atoms with van der Waals surface area (Å²) in [4.78, 5) is 12.9. The number of halogens is 1. The number of sulfonamides is 2. The van der Waals surface area contributed by atoms with Gasteiger partial charge in [0, 0.05) is 11.4 Å². The number of rotatable bonds is 8. The van der Waals surface area contributed by atoms with Crippen molar-refractivity contribution in [1.82, 2.24) is 0 Å². The molecule has 3 aromatic carbocycles. The van der Waals surface area contributed by atoms with Gasteiger partial charge in [-0.1, -0.05) is 12.1 Å². The lowest BCUT2D eigenvalue weighted by atomic mass is 10.1. The van der Waals surface area contributed by atoms with E-state index in [4.69, 9.17) is 0 Å². The molecule has 0 aliphatic heterocycles. The van der Waals surface area contributed by atoms with Crippen molar-refractivity contribution in [2.75, 3.05) is 20.6 Å². The molecule has 35 heavy (non-hydrogen) atoms. The summed E-state index contributed by atoms with van der Waals surface area (Å²) in [5.74, 6) is -1.08. The van der Waals surface area contributed by atoms with Crippen LogP contribution in [0.15, 0.2) is 71.6 Å². The third-order valence-electron chi connectivity index (χ3n) is 5.22. The highest BCUT2D eigenvalue weighted by Gasteiger charge is 2.30. The van der Waals surface area contributed by atoms with Crippen LogP contribution in [-0.2, 0) is 24.8 Å². The lowest BCUT2D eigenvalue weighted by Gasteiger charge is -2.29. The highest BCUT2D eigenvalue weighted by atomic mass is 32.2. The van der Waals surface area contributed by atoms with Crippen LogP contribution in [0.1, 0.15) is 18.1 Å². The molecule has 0 saturated heterocycles.